The third-order valence-corrected chi connectivity index (χ3v) is 3.26. The van der Waals surface area contributed by atoms with Gasteiger partial charge in [-0.3, -0.25) is 4.79 Å². The van der Waals surface area contributed by atoms with E-state index >= 15 is 0 Å². The number of rotatable bonds is 1. The summed E-state index contributed by atoms with van der Waals surface area (Å²) in [6, 6.07) is 7.07. The normalized spacial score (nSPS) is 30.3. The van der Waals surface area contributed by atoms with Gasteiger partial charge in [0.2, 0.25) is 5.91 Å². The van der Waals surface area contributed by atoms with E-state index in [-0.39, 0.29) is 23.9 Å². The Kier molecular flexibility index (Phi) is 2.67. The maximum atomic E-state index is 11.4. The molecule has 1 aromatic carbocycles. The molecule has 4 heteroatoms. The summed E-state index contributed by atoms with van der Waals surface area (Å²) in [4.78, 5) is 11.4. The molecular formula is C11H13ClN2O. The van der Waals surface area contributed by atoms with Crippen molar-refractivity contribution in [2.24, 2.45) is 11.7 Å². The van der Waals surface area contributed by atoms with Crippen LogP contribution in [-0.2, 0) is 4.79 Å². The molecule has 3 N–H and O–H groups in total. The average molecular weight is 225 g/mol. The summed E-state index contributed by atoms with van der Waals surface area (Å²) in [5, 5.41) is 3.51. The molecule has 0 spiro atoms. The minimum atomic E-state index is -0.211. The number of halogens is 1. The Balaban J connectivity index is 2.34. The molecule has 1 fully saturated rings. The minimum Gasteiger partial charge on any atom is -0.347 e. The van der Waals surface area contributed by atoms with Crippen molar-refractivity contribution in [1.29, 1.82) is 0 Å². The molecule has 0 aliphatic carbocycles. The van der Waals surface area contributed by atoms with Gasteiger partial charge in [-0.05, 0) is 11.6 Å². The minimum absolute atomic E-state index is 0.00702. The Hall–Kier alpha value is -1.06. The first kappa shape index (κ1) is 10.5. The fourth-order valence-corrected chi connectivity index (χ4v) is 2.11. The fourth-order valence-electron chi connectivity index (χ4n) is 1.86. The van der Waals surface area contributed by atoms with Gasteiger partial charge in [0, 0.05) is 11.1 Å². The molecule has 3 atom stereocenters. The van der Waals surface area contributed by atoms with Crippen molar-refractivity contribution in [3.8, 4) is 0 Å². The number of benzene rings is 1. The van der Waals surface area contributed by atoms with Crippen LogP contribution in [0.1, 0.15) is 18.5 Å². The molecule has 0 aromatic heterocycles. The number of hydrogen-bond acceptors (Lipinski definition) is 2. The lowest BCUT2D eigenvalue weighted by Crippen LogP contribution is -2.31. The average Bonchev–Trinajstić information content (AvgIpc) is 2.47. The predicted octanol–water partition coefficient (Wildman–Crippen LogP) is 1.47. The summed E-state index contributed by atoms with van der Waals surface area (Å²) in [6.07, 6.45) is 0. The van der Waals surface area contributed by atoms with Crippen molar-refractivity contribution in [1.82, 2.24) is 5.32 Å². The molecule has 2 unspecified atom stereocenters. The highest BCUT2D eigenvalue weighted by molar-refractivity contribution is 6.31. The van der Waals surface area contributed by atoms with Crippen LogP contribution in [0.4, 0.5) is 0 Å². The van der Waals surface area contributed by atoms with E-state index in [9.17, 15) is 4.79 Å². The summed E-state index contributed by atoms with van der Waals surface area (Å²) in [7, 11) is 0. The molecule has 0 radical (unpaired) electrons. The third kappa shape index (κ3) is 1.73. The molecule has 0 bridgehead atoms. The van der Waals surface area contributed by atoms with E-state index in [1.54, 1.807) is 6.07 Å². The maximum absolute atomic E-state index is 11.4. The highest BCUT2D eigenvalue weighted by Gasteiger charge is 2.38. The Morgan fingerprint density at radius 2 is 2.07 bits per heavy atom. The second kappa shape index (κ2) is 3.83. The van der Waals surface area contributed by atoms with Crippen molar-refractivity contribution in [2.45, 2.75) is 19.0 Å². The first-order chi connectivity index (χ1) is 7.11. The lowest BCUT2D eigenvalue weighted by molar-refractivity contribution is -0.122. The van der Waals surface area contributed by atoms with Crippen molar-refractivity contribution >= 4 is 17.5 Å². The van der Waals surface area contributed by atoms with E-state index in [0.29, 0.717) is 5.02 Å². The van der Waals surface area contributed by atoms with Crippen LogP contribution in [0.25, 0.3) is 0 Å². The Morgan fingerprint density at radius 3 is 2.60 bits per heavy atom. The summed E-state index contributed by atoms with van der Waals surface area (Å²) < 4.78 is 0. The lowest BCUT2D eigenvalue weighted by atomic mass is 9.96. The van der Waals surface area contributed by atoms with Crippen LogP contribution in [0.2, 0.25) is 5.02 Å². The first-order valence-corrected chi connectivity index (χ1v) is 5.29. The van der Waals surface area contributed by atoms with E-state index in [2.05, 4.69) is 5.32 Å². The van der Waals surface area contributed by atoms with E-state index in [1.165, 1.54) is 0 Å². The molecular weight excluding hydrogens is 212 g/mol. The molecule has 1 amide bonds. The fraction of sp³-hybridized carbons (Fsp3) is 0.364. The van der Waals surface area contributed by atoms with Crippen LogP contribution >= 0.6 is 11.6 Å². The van der Waals surface area contributed by atoms with E-state index in [4.69, 9.17) is 17.3 Å². The quantitative estimate of drug-likeness (QED) is 0.759. The smallest absolute Gasteiger partial charge is 0.225 e. The van der Waals surface area contributed by atoms with Crippen LogP contribution in [0.5, 0.6) is 0 Å². The molecule has 1 aliphatic rings. The molecule has 15 heavy (non-hydrogen) atoms. The molecule has 2 rings (SSSR count). The van der Waals surface area contributed by atoms with E-state index < -0.39 is 0 Å². The number of nitrogens with two attached hydrogens (primary N) is 1. The Morgan fingerprint density at radius 1 is 1.40 bits per heavy atom. The van der Waals surface area contributed by atoms with Gasteiger partial charge >= 0.3 is 0 Å². The van der Waals surface area contributed by atoms with Crippen molar-refractivity contribution in [3.63, 3.8) is 0 Å². The molecule has 1 aliphatic heterocycles. The molecule has 0 saturated carbocycles. The molecule has 80 valence electrons. The van der Waals surface area contributed by atoms with Gasteiger partial charge in [-0.15, -0.1) is 0 Å². The third-order valence-electron chi connectivity index (χ3n) is 2.91. The van der Waals surface area contributed by atoms with Crippen molar-refractivity contribution in [2.75, 3.05) is 0 Å². The molecule has 1 saturated heterocycles. The Labute approximate surface area is 93.6 Å². The van der Waals surface area contributed by atoms with Gasteiger partial charge in [0.05, 0.1) is 12.0 Å². The molecule has 1 aromatic rings. The van der Waals surface area contributed by atoms with E-state index in [1.807, 2.05) is 25.1 Å². The highest BCUT2D eigenvalue weighted by Crippen LogP contribution is 2.31. The van der Waals surface area contributed by atoms with Gasteiger partial charge in [0.25, 0.3) is 0 Å². The summed E-state index contributed by atoms with van der Waals surface area (Å²) in [6.45, 7) is 1.83. The van der Waals surface area contributed by atoms with Crippen LogP contribution in [-0.4, -0.2) is 11.9 Å². The van der Waals surface area contributed by atoms with Crippen molar-refractivity contribution < 1.29 is 4.79 Å². The van der Waals surface area contributed by atoms with Gasteiger partial charge < -0.3 is 11.1 Å². The SMILES string of the molecule is CC1C(=O)NC(c2ccccc2Cl)[C@H]1N. The number of nitrogens with one attached hydrogen (secondary N) is 1. The number of hydrogen-bond donors (Lipinski definition) is 2. The summed E-state index contributed by atoms with van der Waals surface area (Å²) >= 11 is 6.06. The zero-order chi connectivity index (χ0) is 11.0. The number of carbonyl (C=O) groups excluding carboxylic acids is 1. The molecule has 3 nitrogen and oxygen atoms in total. The first-order valence-electron chi connectivity index (χ1n) is 4.91. The zero-order valence-electron chi connectivity index (χ0n) is 8.41. The summed E-state index contributed by atoms with van der Waals surface area (Å²) in [5.41, 5.74) is 6.86. The van der Waals surface area contributed by atoms with Crippen LogP contribution in [0, 0.1) is 5.92 Å². The standard InChI is InChI=1S/C11H13ClN2O/c1-6-9(13)10(14-11(6)15)7-4-2-3-5-8(7)12/h2-6,9-10H,13H2,1H3,(H,14,15)/t6?,9-,10?/m0/s1. The van der Waals surface area contributed by atoms with Crippen LogP contribution in [0.15, 0.2) is 24.3 Å². The van der Waals surface area contributed by atoms with Crippen LogP contribution in [0.3, 0.4) is 0 Å². The zero-order valence-corrected chi connectivity index (χ0v) is 9.16. The maximum Gasteiger partial charge on any atom is 0.225 e. The largest absolute Gasteiger partial charge is 0.347 e. The topological polar surface area (TPSA) is 55.1 Å². The predicted molar refractivity (Wildman–Crippen MR) is 59.5 cm³/mol. The monoisotopic (exact) mass is 224 g/mol. The van der Waals surface area contributed by atoms with Crippen molar-refractivity contribution in [3.05, 3.63) is 34.9 Å². The second-order valence-electron chi connectivity index (χ2n) is 3.87. The lowest BCUT2D eigenvalue weighted by Gasteiger charge is -2.17. The van der Waals surface area contributed by atoms with Gasteiger partial charge in [0.15, 0.2) is 0 Å². The summed E-state index contributed by atoms with van der Waals surface area (Å²) in [5.74, 6) is -0.168. The van der Waals surface area contributed by atoms with Gasteiger partial charge in [-0.1, -0.05) is 36.7 Å². The number of amides is 1. The second-order valence-corrected chi connectivity index (χ2v) is 4.28. The van der Waals surface area contributed by atoms with Gasteiger partial charge in [-0.2, -0.15) is 0 Å². The van der Waals surface area contributed by atoms with E-state index in [0.717, 1.165) is 5.56 Å². The van der Waals surface area contributed by atoms with Gasteiger partial charge in [-0.25, -0.2) is 0 Å². The number of carbonyl (C=O) groups is 1. The van der Waals surface area contributed by atoms with Gasteiger partial charge in [0.1, 0.15) is 0 Å². The van der Waals surface area contributed by atoms with Crippen LogP contribution < -0.4 is 11.1 Å². The molecule has 1 heterocycles. The Bertz CT molecular complexity index is 394. The highest BCUT2D eigenvalue weighted by atomic mass is 35.5.